The summed E-state index contributed by atoms with van der Waals surface area (Å²) in [5.74, 6) is 3.13. The first-order valence-electron chi connectivity index (χ1n) is 15.1. The number of nitrogens with zero attached hydrogens (tertiary/aromatic N) is 3. The topological polar surface area (TPSA) is 65.8 Å². The largest absolute Gasteiger partial charge is 0.487 e. The Balaban J connectivity index is 1.28. The second-order valence-electron chi connectivity index (χ2n) is 12.2. The normalized spacial score (nSPS) is 14.2. The smallest absolute Gasteiger partial charge is 0.410 e. The molecule has 2 heterocycles. The van der Waals surface area contributed by atoms with E-state index in [1.807, 2.05) is 74.2 Å². The zero-order valence-corrected chi connectivity index (χ0v) is 25.3. The lowest BCUT2D eigenvalue weighted by atomic mass is 9.92. The van der Waals surface area contributed by atoms with Crippen LogP contribution in [0.25, 0.3) is 11.0 Å². The summed E-state index contributed by atoms with van der Waals surface area (Å²) in [6.07, 6.45) is 3.89. The molecule has 0 atom stereocenters. The molecule has 0 radical (unpaired) electrons. The van der Waals surface area contributed by atoms with E-state index in [2.05, 4.69) is 35.8 Å². The fraction of sp³-hybridized carbons (Fsp3) is 0.429. The number of likely N-dealkylation sites (tertiary alicyclic amines) is 1. The summed E-state index contributed by atoms with van der Waals surface area (Å²) in [7, 11) is 0. The van der Waals surface area contributed by atoms with Gasteiger partial charge >= 0.3 is 6.09 Å². The summed E-state index contributed by atoms with van der Waals surface area (Å²) in [6.45, 7) is 11.0. The van der Waals surface area contributed by atoms with Crippen LogP contribution in [0, 0.1) is 12.8 Å². The van der Waals surface area contributed by atoms with Gasteiger partial charge < -0.3 is 23.7 Å². The van der Waals surface area contributed by atoms with Crippen LogP contribution in [-0.4, -0.2) is 39.2 Å². The number of para-hydroxylation sites is 1. The number of aryl methyl sites for hydroxylation is 2. The number of amides is 1. The minimum absolute atomic E-state index is 0.202. The standard InChI is InChI=1S/C35H43N3O4/c1-26-15-17-29(18-16-26)40-25-32-36-30-13-8-14-31(41-24-28-10-6-5-7-11-28)33(30)38(32)21-9-12-27-19-22-37(23-20-27)34(39)42-35(2,3)4/h5-8,10-11,13-18,27H,9,12,19-25H2,1-4H3. The van der Waals surface area contributed by atoms with E-state index in [1.54, 1.807) is 0 Å². The molecule has 42 heavy (non-hydrogen) atoms. The van der Waals surface area contributed by atoms with Gasteiger partial charge in [-0.25, -0.2) is 9.78 Å². The molecular weight excluding hydrogens is 526 g/mol. The maximum Gasteiger partial charge on any atom is 0.410 e. The molecule has 4 aromatic rings. The Kier molecular flexibility index (Phi) is 9.35. The van der Waals surface area contributed by atoms with Crippen LogP contribution < -0.4 is 9.47 Å². The molecule has 7 nitrogen and oxygen atoms in total. The van der Waals surface area contributed by atoms with Crippen molar-refractivity contribution in [3.63, 3.8) is 0 Å². The van der Waals surface area contributed by atoms with Crippen molar-refractivity contribution in [2.24, 2.45) is 5.92 Å². The first-order chi connectivity index (χ1) is 20.2. The van der Waals surface area contributed by atoms with Gasteiger partial charge in [-0.2, -0.15) is 0 Å². The lowest BCUT2D eigenvalue weighted by molar-refractivity contribution is 0.0180. The summed E-state index contributed by atoms with van der Waals surface area (Å²) < 4.78 is 20.4. The molecule has 222 valence electrons. The molecule has 1 saturated heterocycles. The van der Waals surface area contributed by atoms with Crippen molar-refractivity contribution in [1.82, 2.24) is 14.5 Å². The number of piperidine rings is 1. The van der Waals surface area contributed by atoms with Crippen LogP contribution in [0.3, 0.4) is 0 Å². The minimum Gasteiger partial charge on any atom is -0.487 e. The number of hydrogen-bond donors (Lipinski definition) is 0. The van der Waals surface area contributed by atoms with Crippen molar-refractivity contribution < 1.29 is 19.0 Å². The van der Waals surface area contributed by atoms with E-state index >= 15 is 0 Å². The van der Waals surface area contributed by atoms with Crippen LogP contribution in [0.4, 0.5) is 4.79 Å². The molecule has 0 bridgehead atoms. The highest BCUT2D eigenvalue weighted by Gasteiger charge is 2.27. The van der Waals surface area contributed by atoms with Crippen molar-refractivity contribution in [2.75, 3.05) is 13.1 Å². The van der Waals surface area contributed by atoms with Gasteiger partial charge in [0.25, 0.3) is 0 Å². The second-order valence-corrected chi connectivity index (χ2v) is 12.2. The van der Waals surface area contributed by atoms with E-state index in [-0.39, 0.29) is 6.09 Å². The van der Waals surface area contributed by atoms with E-state index in [1.165, 1.54) is 5.56 Å². The number of carbonyl (C=O) groups is 1. The SMILES string of the molecule is Cc1ccc(OCc2nc3cccc(OCc4ccccc4)c3n2CCCC2CCN(C(=O)OC(C)(C)C)CC2)cc1. The lowest BCUT2D eigenvalue weighted by Crippen LogP contribution is -2.41. The first kappa shape index (κ1) is 29.5. The Labute approximate surface area is 249 Å². The number of carbonyl (C=O) groups excluding carboxylic acids is 1. The monoisotopic (exact) mass is 569 g/mol. The third kappa shape index (κ3) is 7.84. The molecule has 3 aromatic carbocycles. The van der Waals surface area contributed by atoms with Crippen LogP contribution in [0.15, 0.2) is 72.8 Å². The number of benzene rings is 3. The van der Waals surface area contributed by atoms with Gasteiger partial charge in [0.2, 0.25) is 0 Å². The molecule has 0 saturated carbocycles. The predicted molar refractivity (Wildman–Crippen MR) is 166 cm³/mol. The van der Waals surface area contributed by atoms with E-state index in [0.29, 0.717) is 19.1 Å². The van der Waals surface area contributed by atoms with Gasteiger partial charge in [-0.05, 0) is 89.1 Å². The van der Waals surface area contributed by atoms with Crippen LogP contribution in [0.1, 0.15) is 63.4 Å². The molecule has 1 fully saturated rings. The lowest BCUT2D eigenvalue weighted by Gasteiger charge is -2.33. The van der Waals surface area contributed by atoms with Crippen LogP contribution in [0.2, 0.25) is 0 Å². The molecule has 7 heteroatoms. The van der Waals surface area contributed by atoms with Crippen LogP contribution >= 0.6 is 0 Å². The second kappa shape index (κ2) is 13.3. The highest BCUT2D eigenvalue weighted by Crippen LogP contribution is 2.30. The number of hydrogen-bond acceptors (Lipinski definition) is 5. The molecule has 1 amide bonds. The van der Waals surface area contributed by atoms with Gasteiger partial charge in [0.05, 0.1) is 5.52 Å². The molecule has 1 aliphatic heterocycles. The summed E-state index contributed by atoms with van der Waals surface area (Å²) in [5.41, 5.74) is 3.78. The number of ether oxygens (including phenoxy) is 3. The van der Waals surface area contributed by atoms with Crippen LogP contribution in [0.5, 0.6) is 11.5 Å². The highest BCUT2D eigenvalue weighted by molar-refractivity contribution is 5.82. The van der Waals surface area contributed by atoms with Gasteiger partial charge in [-0.3, -0.25) is 0 Å². The number of rotatable bonds is 10. The quantitative estimate of drug-likeness (QED) is 0.194. The molecule has 5 rings (SSSR count). The van der Waals surface area contributed by atoms with Gasteiger partial charge in [-0.15, -0.1) is 0 Å². The third-order valence-electron chi connectivity index (χ3n) is 7.70. The Bertz CT molecular complexity index is 1450. The zero-order chi connectivity index (χ0) is 29.5. The Morgan fingerprint density at radius 1 is 0.905 bits per heavy atom. The summed E-state index contributed by atoms with van der Waals surface area (Å²) in [5, 5.41) is 0. The van der Waals surface area contributed by atoms with E-state index in [0.717, 1.165) is 79.2 Å². The average Bonchev–Trinajstić information content (AvgIpc) is 3.33. The van der Waals surface area contributed by atoms with Crippen molar-refractivity contribution >= 4 is 17.1 Å². The Hall–Kier alpha value is -4.00. The van der Waals surface area contributed by atoms with E-state index < -0.39 is 5.60 Å². The number of aromatic nitrogens is 2. The van der Waals surface area contributed by atoms with Crippen molar-refractivity contribution in [3.05, 3.63) is 89.7 Å². The maximum absolute atomic E-state index is 12.5. The van der Waals surface area contributed by atoms with Crippen molar-refractivity contribution in [2.45, 2.75) is 78.7 Å². The number of imidazole rings is 1. The molecule has 0 aliphatic carbocycles. The van der Waals surface area contributed by atoms with Gasteiger partial charge in [0.1, 0.15) is 41.7 Å². The van der Waals surface area contributed by atoms with E-state index in [4.69, 9.17) is 19.2 Å². The molecule has 1 aliphatic rings. The van der Waals surface area contributed by atoms with Gasteiger partial charge in [0.15, 0.2) is 0 Å². The van der Waals surface area contributed by atoms with Crippen molar-refractivity contribution in [3.8, 4) is 11.5 Å². The van der Waals surface area contributed by atoms with Crippen molar-refractivity contribution in [1.29, 1.82) is 0 Å². The maximum atomic E-state index is 12.5. The summed E-state index contributed by atoms with van der Waals surface area (Å²) in [6, 6.07) is 24.4. The molecular formula is C35H43N3O4. The first-order valence-corrected chi connectivity index (χ1v) is 15.1. The third-order valence-corrected chi connectivity index (χ3v) is 7.70. The van der Waals surface area contributed by atoms with Gasteiger partial charge in [0, 0.05) is 19.6 Å². The van der Waals surface area contributed by atoms with E-state index in [9.17, 15) is 4.79 Å². The highest BCUT2D eigenvalue weighted by atomic mass is 16.6. The Morgan fingerprint density at radius 2 is 1.64 bits per heavy atom. The van der Waals surface area contributed by atoms with Crippen LogP contribution in [-0.2, 0) is 24.5 Å². The molecule has 0 unspecified atom stereocenters. The Morgan fingerprint density at radius 3 is 2.36 bits per heavy atom. The molecule has 1 aromatic heterocycles. The zero-order valence-electron chi connectivity index (χ0n) is 25.3. The predicted octanol–water partition coefficient (Wildman–Crippen LogP) is 7.93. The van der Waals surface area contributed by atoms with Gasteiger partial charge in [-0.1, -0.05) is 54.1 Å². The summed E-state index contributed by atoms with van der Waals surface area (Å²) >= 11 is 0. The number of fused-ring (bicyclic) bond motifs is 1. The summed E-state index contributed by atoms with van der Waals surface area (Å²) in [4.78, 5) is 19.3. The minimum atomic E-state index is -0.466. The fourth-order valence-electron chi connectivity index (χ4n) is 5.45. The average molecular weight is 570 g/mol. The fourth-order valence-corrected chi connectivity index (χ4v) is 5.45. The molecule has 0 N–H and O–H groups in total. The molecule has 0 spiro atoms.